The molecule has 0 fully saturated rings. The Kier molecular flexibility index (Phi) is 3.33. The maximum atomic E-state index is 9.35. The highest BCUT2D eigenvalue weighted by molar-refractivity contribution is 7.07. The molecule has 2 N–H and O–H groups in total. The summed E-state index contributed by atoms with van der Waals surface area (Å²) >= 11 is 6.84. The molecule has 1 aromatic rings. The van der Waals surface area contributed by atoms with Crippen LogP contribution >= 0.6 is 22.9 Å². The molecule has 1 heterocycles. The number of hydrogen-bond donors (Lipinski definition) is 2. The first-order valence-electron chi connectivity index (χ1n) is 3.20. The first kappa shape index (κ1) is 9.00. The van der Waals surface area contributed by atoms with E-state index in [2.05, 4.69) is 0 Å². The average molecular weight is 193 g/mol. The highest BCUT2D eigenvalue weighted by atomic mass is 35.5. The van der Waals surface area contributed by atoms with Crippen molar-refractivity contribution >= 4 is 22.9 Å². The van der Waals surface area contributed by atoms with Crippen LogP contribution in [0.25, 0.3) is 0 Å². The maximum Gasteiger partial charge on any atom is 0.107 e. The van der Waals surface area contributed by atoms with E-state index in [9.17, 15) is 5.11 Å². The number of aliphatic hydroxyl groups is 2. The summed E-state index contributed by atoms with van der Waals surface area (Å²) in [4.78, 5) is 0. The minimum Gasteiger partial charge on any atom is -0.389 e. The number of hydrogen-bond acceptors (Lipinski definition) is 3. The van der Waals surface area contributed by atoms with Crippen LogP contribution in [0.3, 0.4) is 0 Å². The van der Waals surface area contributed by atoms with Gasteiger partial charge in [0.2, 0.25) is 0 Å². The second-order valence-corrected chi connectivity index (χ2v) is 3.31. The third kappa shape index (κ3) is 2.17. The van der Waals surface area contributed by atoms with Crippen molar-refractivity contribution in [2.45, 2.75) is 12.2 Å². The Morgan fingerprint density at radius 2 is 2.27 bits per heavy atom. The van der Waals surface area contributed by atoms with Crippen LogP contribution in [0.5, 0.6) is 0 Å². The van der Waals surface area contributed by atoms with E-state index in [0.717, 1.165) is 5.56 Å². The van der Waals surface area contributed by atoms with E-state index in [1.165, 1.54) is 11.3 Å². The SMILES string of the molecule is OC(CCl)C(O)c1ccsc1. The van der Waals surface area contributed by atoms with Crippen LogP contribution in [0.15, 0.2) is 16.8 Å². The molecular weight excluding hydrogens is 184 g/mol. The van der Waals surface area contributed by atoms with E-state index in [-0.39, 0.29) is 5.88 Å². The van der Waals surface area contributed by atoms with Crippen molar-refractivity contribution in [3.63, 3.8) is 0 Å². The lowest BCUT2D eigenvalue weighted by Gasteiger charge is -2.13. The summed E-state index contributed by atoms with van der Waals surface area (Å²) in [5.41, 5.74) is 0.725. The van der Waals surface area contributed by atoms with Gasteiger partial charge >= 0.3 is 0 Å². The fourth-order valence-electron chi connectivity index (χ4n) is 0.750. The van der Waals surface area contributed by atoms with Gasteiger partial charge in [0.25, 0.3) is 0 Å². The molecule has 0 radical (unpaired) electrons. The molecule has 1 aromatic heterocycles. The van der Waals surface area contributed by atoms with Crippen molar-refractivity contribution < 1.29 is 10.2 Å². The predicted octanol–water partition coefficient (Wildman–Crippen LogP) is 1.38. The highest BCUT2D eigenvalue weighted by Crippen LogP contribution is 2.19. The van der Waals surface area contributed by atoms with Gasteiger partial charge in [0.15, 0.2) is 0 Å². The highest BCUT2D eigenvalue weighted by Gasteiger charge is 2.16. The van der Waals surface area contributed by atoms with E-state index < -0.39 is 12.2 Å². The summed E-state index contributed by atoms with van der Waals surface area (Å²) in [7, 11) is 0. The van der Waals surface area contributed by atoms with Crippen LogP contribution < -0.4 is 0 Å². The topological polar surface area (TPSA) is 40.5 Å². The fourth-order valence-corrected chi connectivity index (χ4v) is 1.61. The van der Waals surface area contributed by atoms with Crippen molar-refractivity contribution in [1.82, 2.24) is 0 Å². The minimum absolute atomic E-state index is 0.0526. The van der Waals surface area contributed by atoms with Gasteiger partial charge in [0, 0.05) is 0 Å². The standard InChI is InChI=1S/C7H9ClO2S/c8-3-6(9)7(10)5-1-2-11-4-5/h1-2,4,6-7,9-10H,3H2. The molecule has 0 bridgehead atoms. The van der Waals surface area contributed by atoms with Gasteiger partial charge in [-0.3, -0.25) is 0 Å². The molecule has 2 atom stereocenters. The number of thiophene rings is 1. The Labute approximate surface area is 74.1 Å². The molecule has 62 valence electrons. The molecule has 0 aromatic carbocycles. The van der Waals surface area contributed by atoms with Crippen LogP contribution in [0, 0.1) is 0 Å². The normalized spacial score (nSPS) is 16.3. The quantitative estimate of drug-likeness (QED) is 0.711. The zero-order valence-electron chi connectivity index (χ0n) is 5.77. The molecule has 2 nitrogen and oxygen atoms in total. The first-order chi connectivity index (χ1) is 5.25. The number of alkyl halides is 1. The molecule has 2 unspecified atom stereocenters. The molecule has 4 heteroatoms. The van der Waals surface area contributed by atoms with Gasteiger partial charge in [0.05, 0.1) is 12.0 Å². The van der Waals surface area contributed by atoms with E-state index >= 15 is 0 Å². The number of aliphatic hydroxyl groups excluding tert-OH is 2. The molecule has 0 saturated carbocycles. The van der Waals surface area contributed by atoms with E-state index in [1.54, 1.807) is 11.4 Å². The lowest BCUT2D eigenvalue weighted by molar-refractivity contribution is 0.0330. The molecule has 1 rings (SSSR count). The fraction of sp³-hybridized carbons (Fsp3) is 0.429. The van der Waals surface area contributed by atoms with Gasteiger partial charge in [-0.05, 0) is 22.4 Å². The van der Waals surface area contributed by atoms with E-state index in [1.807, 2.05) is 5.38 Å². The Morgan fingerprint density at radius 3 is 2.73 bits per heavy atom. The lowest BCUT2D eigenvalue weighted by atomic mass is 10.1. The van der Waals surface area contributed by atoms with Crippen molar-refractivity contribution in [3.05, 3.63) is 22.4 Å². The Balaban J connectivity index is 2.62. The van der Waals surface area contributed by atoms with Gasteiger partial charge < -0.3 is 10.2 Å². The van der Waals surface area contributed by atoms with Gasteiger partial charge in [-0.2, -0.15) is 11.3 Å². The Hall–Kier alpha value is -0.0900. The largest absolute Gasteiger partial charge is 0.389 e. The Morgan fingerprint density at radius 1 is 1.55 bits per heavy atom. The second-order valence-electron chi connectivity index (χ2n) is 2.22. The smallest absolute Gasteiger partial charge is 0.107 e. The van der Waals surface area contributed by atoms with E-state index in [0.29, 0.717) is 0 Å². The van der Waals surface area contributed by atoms with Crippen molar-refractivity contribution in [1.29, 1.82) is 0 Å². The number of rotatable bonds is 3. The summed E-state index contributed by atoms with van der Waals surface area (Å²) in [5.74, 6) is 0.0526. The third-order valence-corrected chi connectivity index (χ3v) is 2.42. The molecule has 0 aliphatic rings. The van der Waals surface area contributed by atoms with Gasteiger partial charge in [-0.25, -0.2) is 0 Å². The molecular formula is C7H9ClO2S. The van der Waals surface area contributed by atoms with Crippen LogP contribution in [-0.4, -0.2) is 22.2 Å². The van der Waals surface area contributed by atoms with Gasteiger partial charge in [0.1, 0.15) is 6.10 Å². The predicted molar refractivity (Wildman–Crippen MR) is 46.0 cm³/mol. The zero-order valence-corrected chi connectivity index (χ0v) is 7.35. The molecule has 0 saturated heterocycles. The monoisotopic (exact) mass is 192 g/mol. The molecule has 0 amide bonds. The third-order valence-electron chi connectivity index (χ3n) is 1.41. The summed E-state index contributed by atoms with van der Waals surface area (Å²) in [6, 6.07) is 1.77. The minimum atomic E-state index is -0.869. The summed E-state index contributed by atoms with van der Waals surface area (Å²) in [6.07, 6.45) is -1.72. The first-order valence-corrected chi connectivity index (χ1v) is 4.67. The van der Waals surface area contributed by atoms with Gasteiger partial charge in [-0.15, -0.1) is 11.6 Å². The van der Waals surface area contributed by atoms with E-state index in [4.69, 9.17) is 16.7 Å². The molecule has 11 heavy (non-hydrogen) atoms. The van der Waals surface area contributed by atoms with Gasteiger partial charge in [-0.1, -0.05) is 0 Å². The lowest BCUT2D eigenvalue weighted by Crippen LogP contribution is -2.18. The van der Waals surface area contributed by atoms with Crippen molar-refractivity contribution in [2.75, 3.05) is 5.88 Å². The second kappa shape index (κ2) is 4.07. The molecule has 0 aliphatic heterocycles. The summed E-state index contributed by atoms with van der Waals surface area (Å²) in [6.45, 7) is 0. The molecule has 0 spiro atoms. The Bertz CT molecular complexity index is 200. The van der Waals surface area contributed by atoms with Crippen LogP contribution in [0.1, 0.15) is 11.7 Å². The van der Waals surface area contributed by atoms with Crippen LogP contribution in [0.2, 0.25) is 0 Å². The zero-order chi connectivity index (χ0) is 8.27. The van der Waals surface area contributed by atoms with Crippen LogP contribution in [0.4, 0.5) is 0 Å². The van der Waals surface area contributed by atoms with Crippen molar-refractivity contribution in [2.24, 2.45) is 0 Å². The summed E-state index contributed by atoms with van der Waals surface area (Å²) in [5, 5.41) is 22.1. The summed E-state index contributed by atoms with van der Waals surface area (Å²) < 4.78 is 0. The number of halogens is 1. The average Bonchev–Trinajstić information content (AvgIpc) is 2.53. The maximum absolute atomic E-state index is 9.35. The van der Waals surface area contributed by atoms with Crippen molar-refractivity contribution in [3.8, 4) is 0 Å². The molecule has 0 aliphatic carbocycles. The van der Waals surface area contributed by atoms with Crippen LogP contribution in [-0.2, 0) is 0 Å².